The molecule has 0 aromatic rings. The topological polar surface area (TPSA) is 99.0 Å². The van der Waals surface area contributed by atoms with Crippen molar-refractivity contribution >= 4 is 7.82 Å². The second kappa shape index (κ2) is 22.1. The Hall–Kier alpha value is 1.03. The van der Waals surface area contributed by atoms with Gasteiger partial charge in [-0.25, -0.2) is 9.45 Å². The predicted molar refractivity (Wildman–Crippen MR) is 90.6 cm³/mol. The van der Waals surface area contributed by atoms with Gasteiger partial charge in [0.1, 0.15) is 0 Å². The fourth-order valence-electron chi connectivity index (χ4n) is 1.75. The van der Waals surface area contributed by atoms with Crippen LogP contribution in [0.15, 0.2) is 0 Å². The van der Waals surface area contributed by atoms with Crippen molar-refractivity contribution in [2.75, 3.05) is 13.2 Å². The molecule has 0 fully saturated rings. The molecule has 6 nitrogen and oxygen atoms in total. The number of phosphoric acid groups is 1. The zero-order valence-corrected chi connectivity index (χ0v) is 18.9. The summed E-state index contributed by atoms with van der Waals surface area (Å²) in [6.45, 7) is 6.33. The Kier molecular flexibility index (Phi) is 27.4. The van der Waals surface area contributed by atoms with E-state index in [1.54, 1.807) is 0 Å². The van der Waals surface area contributed by atoms with Gasteiger partial charge in [-0.15, -0.1) is 11.3 Å². The standard InChI is InChI=1S/C12H27O5P.C4H9O.Na/c1-2-3-4-5-6-7-8-9-10-11-12-16-17-18(13,14)15;1-4(2)3-5;/h2-12H2,1H3,(H2,13,14,15);4H,3H2,1-2H3;/q;-1;+1. The van der Waals surface area contributed by atoms with Crippen LogP contribution in [0.4, 0.5) is 0 Å². The number of rotatable bonds is 14. The van der Waals surface area contributed by atoms with Crippen molar-refractivity contribution in [2.45, 2.75) is 85.0 Å². The molecular formula is C16H36NaO6P. The Morgan fingerprint density at radius 2 is 1.29 bits per heavy atom. The van der Waals surface area contributed by atoms with Crippen molar-refractivity contribution < 1.29 is 58.6 Å². The molecule has 142 valence electrons. The molecule has 0 aliphatic heterocycles. The summed E-state index contributed by atoms with van der Waals surface area (Å²) in [5, 5.41) is 9.63. The normalized spacial score (nSPS) is 11.0. The van der Waals surface area contributed by atoms with E-state index in [9.17, 15) is 9.67 Å². The van der Waals surface area contributed by atoms with E-state index in [0.717, 1.165) is 19.3 Å². The summed E-state index contributed by atoms with van der Waals surface area (Å²) < 4.78 is 14.1. The molecule has 0 unspecified atom stereocenters. The van der Waals surface area contributed by atoms with Gasteiger partial charge in [0.25, 0.3) is 0 Å². The summed E-state index contributed by atoms with van der Waals surface area (Å²) in [4.78, 5) is 21.1. The van der Waals surface area contributed by atoms with E-state index in [2.05, 4.69) is 16.5 Å². The van der Waals surface area contributed by atoms with Crippen molar-refractivity contribution in [3.8, 4) is 0 Å². The second-order valence-corrected chi connectivity index (χ2v) is 7.26. The molecule has 0 aliphatic rings. The summed E-state index contributed by atoms with van der Waals surface area (Å²) in [6.07, 6.45) is 12.1. The third-order valence-corrected chi connectivity index (χ3v) is 3.36. The van der Waals surface area contributed by atoms with Gasteiger partial charge in [-0.2, -0.15) is 0 Å². The molecule has 8 heteroatoms. The molecule has 24 heavy (non-hydrogen) atoms. The number of hydrogen-bond donors (Lipinski definition) is 2. The van der Waals surface area contributed by atoms with E-state index in [1.807, 2.05) is 13.8 Å². The molecule has 0 bridgehead atoms. The summed E-state index contributed by atoms with van der Waals surface area (Å²) in [6, 6.07) is 0. The van der Waals surface area contributed by atoms with Gasteiger partial charge < -0.3 is 14.9 Å². The predicted octanol–water partition coefficient (Wildman–Crippen LogP) is 0.955. The molecule has 0 saturated carbocycles. The number of unbranched alkanes of at least 4 members (excludes halogenated alkanes) is 9. The first-order chi connectivity index (χ1) is 10.8. The van der Waals surface area contributed by atoms with Crippen LogP contribution in [0.1, 0.15) is 85.0 Å². The van der Waals surface area contributed by atoms with E-state index in [0.29, 0.717) is 5.92 Å². The fraction of sp³-hybridized carbons (Fsp3) is 1.00. The Balaban J connectivity index is -0.000000639. The minimum Gasteiger partial charge on any atom is -0.854 e. The van der Waals surface area contributed by atoms with Gasteiger partial charge in [-0.3, -0.25) is 0 Å². The summed E-state index contributed by atoms with van der Waals surface area (Å²) >= 11 is 0. The van der Waals surface area contributed by atoms with Gasteiger partial charge in [0, 0.05) is 0 Å². The first-order valence-corrected chi connectivity index (χ1v) is 10.3. The van der Waals surface area contributed by atoms with Crippen molar-refractivity contribution in [3.63, 3.8) is 0 Å². The van der Waals surface area contributed by atoms with E-state index in [4.69, 9.17) is 9.79 Å². The smallest absolute Gasteiger partial charge is 0.854 e. The van der Waals surface area contributed by atoms with Gasteiger partial charge in [-0.05, 0) is 6.42 Å². The Morgan fingerprint density at radius 3 is 1.62 bits per heavy atom. The number of hydrogen-bond acceptors (Lipinski definition) is 4. The van der Waals surface area contributed by atoms with Crippen molar-refractivity contribution in [1.29, 1.82) is 0 Å². The molecule has 0 saturated heterocycles. The third-order valence-electron chi connectivity index (χ3n) is 3.06. The van der Waals surface area contributed by atoms with Crippen LogP contribution in [0, 0.1) is 5.92 Å². The Bertz CT molecular complexity index is 273. The molecule has 0 rings (SSSR count). The minimum absolute atomic E-state index is 0. The van der Waals surface area contributed by atoms with Gasteiger partial charge in [0.2, 0.25) is 0 Å². The Morgan fingerprint density at radius 1 is 0.917 bits per heavy atom. The Labute approximate surface area is 170 Å². The van der Waals surface area contributed by atoms with E-state index in [1.165, 1.54) is 44.9 Å². The van der Waals surface area contributed by atoms with Crippen molar-refractivity contribution in [3.05, 3.63) is 0 Å². The molecule has 0 aromatic heterocycles. The van der Waals surface area contributed by atoms with Crippen LogP contribution in [0.5, 0.6) is 0 Å². The molecule has 0 atom stereocenters. The van der Waals surface area contributed by atoms with Crippen LogP contribution >= 0.6 is 7.82 Å². The molecule has 0 radical (unpaired) electrons. The van der Waals surface area contributed by atoms with E-state index < -0.39 is 7.82 Å². The van der Waals surface area contributed by atoms with E-state index in [-0.39, 0.29) is 42.8 Å². The average Bonchev–Trinajstić information content (AvgIpc) is 2.48. The van der Waals surface area contributed by atoms with Crippen molar-refractivity contribution in [1.82, 2.24) is 0 Å². The molecule has 0 aromatic carbocycles. The van der Waals surface area contributed by atoms with Crippen LogP contribution in [-0.2, 0) is 14.1 Å². The zero-order valence-electron chi connectivity index (χ0n) is 16.0. The van der Waals surface area contributed by atoms with E-state index >= 15 is 0 Å². The van der Waals surface area contributed by atoms with Crippen molar-refractivity contribution in [2.24, 2.45) is 5.92 Å². The SMILES string of the molecule is CC(C)C[O-].CCCCCCCCCCCCOOP(=O)(O)O.[Na+]. The molecule has 0 aliphatic carbocycles. The molecule has 2 N–H and O–H groups in total. The molecular weight excluding hydrogens is 342 g/mol. The third kappa shape index (κ3) is 34.4. The largest absolute Gasteiger partial charge is 1.00 e. The zero-order chi connectivity index (χ0) is 18.0. The minimum atomic E-state index is -4.47. The maximum absolute atomic E-state index is 10.3. The molecule has 0 amide bonds. The summed E-state index contributed by atoms with van der Waals surface area (Å²) in [7, 11) is -4.47. The maximum Gasteiger partial charge on any atom is 1.00 e. The fourth-order valence-corrected chi connectivity index (χ4v) is 1.97. The van der Waals surface area contributed by atoms with Gasteiger partial charge in [0.15, 0.2) is 0 Å². The van der Waals surface area contributed by atoms with Crippen LogP contribution < -0.4 is 34.7 Å². The quantitative estimate of drug-likeness (QED) is 0.154. The second-order valence-electron chi connectivity index (χ2n) is 6.13. The first kappa shape index (κ1) is 29.8. The van der Waals surface area contributed by atoms with Crippen LogP contribution in [-0.4, -0.2) is 23.0 Å². The van der Waals surface area contributed by atoms with Crippen LogP contribution in [0.25, 0.3) is 0 Å². The molecule has 0 spiro atoms. The summed E-state index contributed by atoms with van der Waals surface area (Å²) in [5.74, 6) is 0.329. The van der Waals surface area contributed by atoms with Gasteiger partial charge >= 0.3 is 37.4 Å². The monoisotopic (exact) mass is 378 g/mol. The van der Waals surface area contributed by atoms with Crippen LogP contribution in [0.2, 0.25) is 0 Å². The first-order valence-electron chi connectivity index (χ1n) is 8.78. The van der Waals surface area contributed by atoms with Gasteiger partial charge in [0.05, 0.1) is 6.61 Å². The molecule has 0 heterocycles. The maximum atomic E-state index is 10.3. The average molecular weight is 378 g/mol. The van der Waals surface area contributed by atoms with Crippen LogP contribution in [0.3, 0.4) is 0 Å². The summed E-state index contributed by atoms with van der Waals surface area (Å²) in [5.41, 5.74) is 0. The van der Waals surface area contributed by atoms with Gasteiger partial charge in [-0.1, -0.05) is 84.5 Å².